The molecule has 2 aromatic rings. The van der Waals surface area contributed by atoms with E-state index in [0.717, 1.165) is 11.1 Å². The van der Waals surface area contributed by atoms with E-state index in [4.69, 9.17) is 4.74 Å². The summed E-state index contributed by atoms with van der Waals surface area (Å²) >= 11 is 0. The predicted molar refractivity (Wildman–Crippen MR) is 108 cm³/mol. The summed E-state index contributed by atoms with van der Waals surface area (Å²) in [6.45, 7) is 4.25. The van der Waals surface area contributed by atoms with Gasteiger partial charge in [-0.25, -0.2) is 0 Å². The fourth-order valence-corrected chi connectivity index (χ4v) is 3.10. The Bertz CT molecular complexity index is 978. The molecule has 29 heavy (non-hydrogen) atoms. The summed E-state index contributed by atoms with van der Waals surface area (Å²) in [6, 6.07) is 14.6. The van der Waals surface area contributed by atoms with Crippen molar-refractivity contribution < 1.29 is 19.4 Å². The molecule has 0 spiro atoms. The lowest BCUT2D eigenvalue weighted by molar-refractivity contribution is -0.142. The summed E-state index contributed by atoms with van der Waals surface area (Å²) in [5.74, 6) is -0.736. The molecule has 0 saturated carbocycles. The standard InChI is InChI=1S/C22H23N3O4/c1-22(2,21(27)28)16-7-3-5-14(11-16)9-10-24-13-18-20(26)25-17-8-4-6-15(12-23)19(17)29-18/h3-8,11,18,24H,9-10,13H2,1-2H3,(H,25,26)(H,27,28). The summed E-state index contributed by atoms with van der Waals surface area (Å²) in [5, 5.41) is 24.6. The topological polar surface area (TPSA) is 111 Å². The summed E-state index contributed by atoms with van der Waals surface area (Å²) < 4.78 is 5.75. The van der Waals surface area contributed by atoms with Gasteiger partial charge in [-0.15, -0.1) is 0 Å². The first-order valence-electron chi connectivity index (χ1n) is 9.37. The lowest BCUT2D eigenvalue weighted by Gasteiger charge is -2.26. The lowest BCUT2D eigenvalue weighted by atomic mass is 9.84. The van der Waals surface area contributed by atoms with Crippen molar-refractivity contribution in [2.24, 2.45) is 0 Å². The van der Waals surface area contributed by atoms with E-state index in [-0.39, 0.29) is 5.91 Å². The third-order valence-corrected chi connectivity index (χ3v) is 5.05. The normalized spacial score (nSPS) is 15.6. The van der Waals surface area contributed by atoms with Gasteiger partial charge in [0.25, 0.3) is 5.91 Å². The maximum atomic E-state index is 12.2. The van der Waals surface area contributed by atoms with Gasteiger partial charge < -0.3 is 20.5 Å². The Balaban J connectivity index is 1.57. The van der Waals surface area contributed by atoms with E-state index >= 15 is 0 Å². The quantitative estimate of drug-likeness (QED) is 0.623. The minimum atomic E-state index is -0.955. The number of nitrogens with zero attached hydrogens (tertiary/aromatic N) is 1. The van der Waals surface area contributed by atoms with Crippen LogP contribution >= 0.6 is 0 Å². The van der Waals surface area contributed by atoms with Crippen LogP contribution in [0.25, 0.3) is 0 Å². The molecule has 2 aromatic carbocycles. The zero-order chi connectivity index (χ0) is 21.0. The number of carboxylic acid groups (broad SMARTS) is 1. The van der Waals surface area contributed by atoms with Crippen molar-refractivity contribution in [2.75, 3.05) is 18.4 Å². The Hall–Kier alpha value is -3.37. The van der Waals surface area contributed by atoms with E-state index in [2.05, 4.69) is 16.7 Å². The molecule has 7 heteroatoms. The van der Waals surface area contributed by atoms with E-state index in [1.165, 1.54) is 0 Å². The number of nitriles is 1. The third kappa shape index (κ3) is 4.39. The SMILES string of the molecule is CC(C)(C(=O)O)c1cccc(CCNCC2Oc3c(C#N)cccc3NC2=O)c1. The zero-order valence-corrected chi connectivity index (χ0v) is 16.4. The molecule has 0 bridgehead atoms. The molecule has 3 N–H and O–H groups in total. The van der Waals surface area contributed by atoms with Gasteiger partial charge in [-0.2, -0.15) is 5.26 Å². The second-order valence-corrected chi connectivity index (χ2v) is 7.47. The molecule has 1 aliphatic rings. The van der Waals surface area contributed by atoms with Crippen molar-refractivity contribution in [3.8, 4) is 11.8 Å². The number of ether oxygens (including phenoxy) is 1. The molecule has 1 atom stereocenters. The van der Waals surface area contributed by atoms with E-state index in [9.17, 15) is 20.0 Å². The number of rotatable bonds is 7. The average molecular weight is 393 g/mol. The van der Waals surface area contributed by atoms with Gasteiger partial charge in [-0.3, -0.25) is 9.59 Å². The zero-order valence-electron chi connectivity index (χ0n) is 16.4. The van der Waals surface area contributed by atoms with Crippen molar-refractivity contribution in [1.82, 2.24) is 5.32 Å². The Labute approximate surface area is 169 Å². The van der Waals surface area contributed by atoms with Crippen LogP contribution in [0.3, 0.4) is 0 Å². The first-order chi connectivity index (χ1) is 13.8. The van der Waals surface area contributed by atoms with Crippen LogP contribution in [-0.4, -0.2) is 36.2 Å². The first kappa shape index (κ1) is 20.4. The predicted octanol–water partition coefficient (Wildman–Crippen LogP) is 2.45. The number of hydrogen-bond donors (Lipinski definition) is 3. The van der Waals surface area contributed by atoms with Gasteiger partial charge >= 0.3 is 5.97 Å². The molecular weight excluding hydrogens is 370 g/mol. The van der Waals surface area contributed by atoms with Gasteiger partial charge in [0, 0.05) is 6.54 Å². The number of anilines is 1. The number of carbonyl (C=O) groups is 2. The molecule has 1 aliphatic heterocycles. The van der Waals surface area contributed by atoms with E-state index in [0.29, 0.717) is 36.5 Å². The number of carbonyl (C=O) groups excluding carboxylic acids is 1. The summed E-state index contributed by atoms with van der Waals surface area (Å²) in [5.41, 5.74) is 1.69. The van der Waals surface area contributed by atoms with Crippen molar-refractivity contribution in [3.05, 3.63) is 59.2 Å². The highest BCUT2D eigenvalue weighted by molar-refractivity contribution is 5.98. The highest BCUT2D eigenvalue weighted by Crippen LogP contribution is 2.32. The molecule has 0 saturated heterocycles. The molecule has 0 radical (unpaired) electrons. The van der Waals surface area contributed by atoms with Gasteiger partial charge in [0.1, 0.15) is 6.07 Å². The number of para-hydroxylation sites is 1. The summed E-state index contributed by atoms with van der Waals surface area (Å²) in [7, 11) is 0. The molecule has 1 amide bonds. The van der Waals surface area contributed by atoms with E-state index < -0.39 is 17.5 Å². The van der Waals surface area contributed by atoms with Gasteiger partial charge in [-0.1, -0.05) is 30.3 Å². The highest BCUT2D eigenvalue weighted by Gasteiger charge is 2.30. The Morgan fingerprint density at radius 2 is 2.07 bits per heavy atom. The molecule has 0 fully saturated rings. The van der Waals surface area contributed by atoms with Gasteiger partial charge in [-0.05, 0) is 50.1 Å². The van der Waals surface area contributed by atoms with Crippen LogP contribution in [0.15, 0.2) is 42.5 Å². The molecule has 0 aliphatic carbocycles. The molecule has 0 aromatic heterocycles. The number of fused-ring (bicyclic) bond motifs is 1. The van der Waals surface area contributed by atoms with E-state index in [1.807, 2.05) is 24.3 Å². The number of amides is 1. The molecule has 1 heterocycles. The van der Waals surface area contributed by atoms with Crippen LogP contribution in [0, 0.1) is 11.3 Å². The van der Waals surface area contributed by atoms with E-state index in [1.54, 1.807) is 32.0 Å². The van der Waals surface area contributed by atoms with Crippen LogP contribution in [0.4, 0.5) is 5.69 Å². The Morgan fingerprint density at radius 1 is 1.31 bits per heavy atom. The van der Waals surface area contributed by atoms with Crippen molar-refractivity contribution in [1.29, 1.82) is 5.26 Å². The van der Waals surface area contributed by atoms with Crippen LogP contribution in [0.5, 0.6) is 5.75 Å². The number of aliphatic carboxylic acids is 1. The smallest absolute Gasteiger partial charge is 0.313 e. The molecule has 1 unspecified atom stereocenters. The van der Waals surface area contributed by atoms with Gasteiger partial charge in [0.2, 0.25) is 0 Å². The molecule has 3 rings (SSSR count). The Morgan fingerprint density at radius 3 is 2.79 bits per heavy atom. The fraction of sp³-hybridized carbons (Fsp3) is 0.318. The second-order valence-electron chi connectivity index (χ2n) is 7.47. The molecular formula is C22H23N3O4. The number of hydrogen-bond acceptors (Lipinski definition) is 5. The minimum absolute atomic E-state index is 0.259. The van der Waals surface area contributed by atoms with Crippen LogP contribution < -0.4 is 15.4 Å². The number of benzene rings is 2. The van der Waals surface area contributed by atoms with Crippen molar-refractivity contribution >= 4 is 17.6 Å². The number of carboxylic acids is 1. The maximum absolute atomic E-state index is 12.2. The van der Waals surface area contributed by atoms with Gasteiger partial charge in [0.15, 0.2) is 11.9 Å². The molecule has 7 nitrogen and oxygen atoms in total. The number of nitrogens with one attached hydrogen (secondary N) is 2. The van der Waals surface area contributed by atoms with Crippen molar-refractivity contribution in [3.63, 3.8) is 0 Å². The lowest BCUT2D eigenvalue weighted by Crippen LogP contribution is -2.44. The highest BCUT2D eigenvalue weighted by atomic mass is 16.5. The van der Waals surface area contributed by atoms with Crippen LogP contribution in [-0.2, 0) is 21.4 Å². The monoisotopic (exact) mass is 393 g/mol. The maximum Gasteiger partial charge on any atom is 0.313 e. The Kier molecular flexibility index (Phi) is 5.85. The molecule has 150 valence electrons. The minimum Gasteiger partial charge on any atom is -0.481 e. The van der Waals surface area contributed by atoms with Crippen molar-refractivity contribution in [2.45, 2.75) is 31.8 Å². The first-order valence-corrected chi connectivity index (χ1v) is 9.37. The third-order valence-electron chi connectivity index (χ3n) is 5.05. The largest absolute Gasteiger partial charge is 0.481 e. The summed E-state index contributed by atoms with van der Waals surface area (Å²) in [4.78, 5) is 23.7. The van der Waals surface area contributed by atoms with Crippen LogP contribution in [0.1, 0.15) is 30.5 Å². The summed E-state index contributed by atoms with van der Waals surface area (Å²) in [6.07, 6.45) is -0.0490. The average Bonchev–Trinajstić information content (AvgIpc) is 2.71. The van der Waals surface area contributed by atoms with Gasteiger partial charge in [0.05, 0.1) is 16.7 Å². The fourth-order valence-electron chi connectivity index (χ4n) is 3.10. The van der Waals surface area contributed by atoms with Crippen LogP contribution in [0.2, 0.25) is 0 Å². The second kappa shape index (κ2) is 8.33.